The molecule has 0 saturated carbocycles. The summed E-state index contributed by atoms with van der Waals surface area (Å²) in [4.78, 5) is 19.2. The van der Waals surface area contributed by atoms with E-state index in [0.29, 0.717) is 0 Å². The van der Waals surface area contributed by atoms with Crippen molar-refractivity contribution in [1.82, 2.24) is 9.88 Å². The number of carbonyl (C=O) groups is 1. The highest BCUT2D eigenvalue weighted by Gasteiger charge is 2.18. The van der Waals surface area contributed by atoms with Crippen molar-refractivity contribution in [3.05, 3.63) is 23.4 Å². The summed E-state index contributed by atoms with van der Waals surface area (Å²) in [5, 5.41) is 3.21. The second-order valence-corrected chi connectivity index (χ2v) is 5.32. The topological polar surface area (TPSA) is 45.2 Å². The highest BCUT2D eigenvalue weighted by molar-refractivity contribution is 5.95. The van der Waals surface area contributed by atoms with Gasteiger partial charge in [0.15, 0.2) is 0 Å². The molecule has 1 aromatic heterocycles. The van der Waals surface area contributed by atoms with Gasteiger partial charge < -0.3 is 10.2 Å². The predicted molar refractivity (Wildman–Crippen MR) is 82.2 cm³/mol. The highest BCUT2D eigenvalue weighted by atomic mass is 16.2. The lowest BCUT2D eigenvalue weighted by Gasteiger charge is -2.21. The first-order chi connectivity index (χ1) is 9.74. The van der Waals surface area contributed by atoms with Gasteiger partial charge in [0.2, 0.25) is 0 Å². The summed E-state index contributed by atoms with van der Waals surface area (Å²) in [6.07, 6.45) is 5.57. The first-order valence-corrected chi connectivity index (χ1v) is 7.78. The Morgan fingerprint density at radius 1 is 1.20 bits per heavy atom. The van der Waals surface area contributed by atoms with E-state index in [1.807, 2.05) is 24.0 Å². The average molecular weight is 275 g/mol. The van der Waals surface area contributed by atoms with Crippen LogP contribution in [0.2, 0.25) is 0 Å². The third-order valence-electron chi connectivity index (χ3n) is 3.74. The van der Waals surface area contributed by atoms with Crippen LogP contribution in [0.1, 0.15) is 55.6 Å². The quantitative estimate of drug-likeness (QED) is 0.918. The van der Waals surface area contributed by atoms with Crippen molar-refractivity contribution in [1.29, 1.82) is 0 Å². The molecule has 1 saturated heterocycles. The summed E-state index contributed by atoms with van der Waals surface area (Å²) < 4.78 is 0. The second kappa shape index (κ2) is 7.27. The Bertz CT molecular complexity index is 451. The number of nitrogens with one attached hydrogen (secondary N) is 1. The largest absolute Gasteiger partial charge is 0.370 e. The summed E-state index contributed by atoms with van der Waals surface area (Å²) in [5.41, 5.74) is 1.75. The van der Waals surface area contributed by atoms with Crippen LogP contribution in [-0.2, 0) is 6.42 Å². The lowest BCUT2D eigenvalue weighted by atomic mass is 10.1. The number of aromatic nitrogens is 1. The van der Waals surface area contributed by atoms with Crippen LogP contribution in [0.5, 0.6) is 0 Å². The number of rotatable bonds is 4. The molecule has 1 aliphatic heterocycles. The fourth-order valence-electron chi connectivity index (χ4n) is 2.62. The van der Waals surface area contributed by atoms with Crippen molar-refractivity contribution >= 4 is 11.7 Å². The lowest BCUT2D eigenvalue weighted by molar-refractivity contribution is 0.0761. The highest BCUT2D eigenvalue weighted by Crippen LogP contribution is 2.17. The van der Waals surface area contributed by atoms with Gasteiger partial charge in [-0.15, -0.1) is 0 Å². The van der Waals surface area contributed by atoms with E-state index >= 15 is 0 Å². The van der Waals surface area contributed by atoms with Gasteiger partial charge in [0, 0.05) is 30.9 Å². The minimum absolute atomic E-state index is 0.156. The molecule has 2 rings (SSSR count). The second-order valence-electron chi connectivity index (χ2n) is 5.32. The van der Waals surface area contributed by atoms with E-state index in [9.17, 15) is 4.79 Å². The number of hydrogen-bond acceptors (Lipinski definition) is 3. The molecule has 0 aromatic carbocycles. The van der Waals surface area contributed by atoms with Gasteiger partial charge in [0.25, 0.3) is 5.91 Å². The SMILES string of the molecule is CCNc1cc(C(=O)N2CCCCCC2)cc(CC)n1. The van der Waals surface area contributed by atoms with Crippen LogP contribution >= 0.6 is 0 Å². The number of pyridine rings is 1. The van der Waals surface area contributed by atoms with Crippen molar-refractivity contribution in [2.45, 2.75) is 46.0 Å². The van der Waals surface area contributed by atoms with E-state index < -0.39 is 0 Å². The van der Waals surface area contributed by atoms with E-state index in [4.69, 9.17) is 0 Å². The standard InChI is InChI=1S/C16H25N3O/c1-3-14-11-13(12-15(18-14)17-4-2)16(20)19-9-7-5-6-8-10-19/h11-12H,3-10H2,1-2H3,(H,17,18). The Hall–Kier alpha value is -1.58. The summed E-state index contributed by atoms with van der Waals surface area (Å²) in [6, 6.07) is 3.82. The van der Waals surface area contributed by atoms with Gasteiger partial charge in [-0.3, -0.25) is 4.79 Å². The molecule has 2 heterocycles. The molecule has 0 atom stereocenters. The Balaban J connectivity index is 2.20. The third-order valence-corrected chi connectivity index (χ3v) is 3.74. The molecule has 1 amide bonds. The van der Waals surface area contributed by atoms with Crippen molar-refractivity contribution in [2.24, 2.45) is 0 Å². The van der Waals surface area contributed by atoms with Gasteiger partial charge in [-0.1, -0.05) is 19.8 Å². The zero-order valence-electron chi connectivity index (χ0n) is 12.6. The smallest absolute Gasteiger partial charge is 0.254 e. The molecular formula is C16H25N3O. The molecule has 0 radical (unpaired) electrons. The average Bonchev–Trinajstić information content (AvgIpc) is 2.75. The molecule has 0 spiro atoms. The van der Waals surface area contributed by atoms with Crippen molar-refractivity contribution in [3.63, 3.8) is 0 Å². The summed E-state index contributed by atoms with van der Waals surface area (Å²) in [5.74, 6) is 0.966. The fraction of sp³-hybridized carbons (Fsp3) is 0.625. The normalized spacial score (nSPS) is 15.8. The van der Waals surface area contributed by atoms with Crippen molar-refractivity contribution in [3.8, 4) is 0 Å². The number of hydrogen-bond donors (Lipinski definition) is 1. The molecule has 4 heteroatoms. The van der Waals surface area contributed by atoms with Gasteiger partial charge in [0.05, 0.1) is 0 Å². The van der Waals surface area contributed by atoms with E-state index in [1.165, 1.54) is 12.8 Å². The molecule has 1 aliphatic rings. The first-order valence-electron chi connectivity index (χ1n) is 7.78. The number of nitrogens with zero attached hydrogens (tertiary/aromatic N) is 2. The Labute approximate surface area is 121 Å². The minimum Gasteiger partial charge on any atom is -0.370 e. The van der Waals surface area contributed by atoms with Gasteiger partial charge in [-0.05, 0) is 38.3 Å². The molecule has 4 nitrogen and oxygen atoms in total. The number of likely N-dealkylation sites (tertiary alicyclic amines) is 1. The van der Waals surface area contributed by atoms with Crippen molar-refractivity contribution < 1.29 is 4.79 Å². The molecule has 1 aromatic rings. The van der Waals surface area contributed by atoms with Gasteiger partial charge >= 0.3 is 0 Å². The van der Waals surface area contributed by atoms with Crippen LogP contribution < -0.4 is 5.32 Å². The maximum Gasteiger partial charge on any atom is 0.254 e. The van der Waals surface area contributed by atoms with Gasteiger partial charge in [-0.25, -0.2) is 4.98 Å². The number of anilines is 1. The van der Waals surface area contributed by atoms with Crippen molar-refractivity contribution in [2.75, 3.05) is 25.0 Å². The number of amides is 1. The van der Waals surface area contributed by atoms with Gasteiger partial charge in [0.1, 0.15) is 5.82 Å². The van der Waals surface area contributed by atoms with Gasteiger partial charge in [-0.2, -0.15) is 0 Å². The van der Waals surface area contributed by atoms with Crippen LogP contribution in [0.3, 0.4) is 0 Å². The zero-order chi connectivity index (χ0) is 14.4. The zero-order valence-corrected chi connectivity index (χ0v) is 12.6. The van der Waals surface area contributed by atoms with Crippen LogP contribution in [-0.4, -0.2) is 35.4 Å². The predicted octanol–water partition coefficient (Wildman–Crippen LogP) is 3.09. The Morgan fingerprint density at radius 2 is 1.90 bits per heavy atom. The Kier molecular flexibility index (Phi) is 5.39. The summed E-state index contributed by atoms with van der Waals surface area (Å²) in [6.45, 7) is 6.70. The fourth-order valence-corrected chi connectivity index (χ4v) is 2.62. The number of carbonyl (C=O) groups excluding carboxylic acids is 1. The van der Waals surface area contributed by atoms with Crippen LogP contribution in [0.25, 0.3) is 0 Å². The van der Waals surface area contributed by atoms with E-state index in [0.717, 1.165) is 56.0 Å². The molecule has 0 aliphatic carbocycles. The maximum absolute atomic E-state index is 12.6. The molecule has 20 heavy (non-hydrogen) atoms. The summed E-state index contributed by atoms with van der Waals surface area (Å²) >= 11 is 0. The molecular weight excluding hydrogens is 250 g/mol. The molecule has 1 fully saturated rings. The molecule has 110 valence electrons. The molecule has 1 N–H and O–H groups in total. The maximum atomic E-state index is 12.6. The summed E-state index contributed by atoms with van der Waals surface area (Å²) in [7, 11) is 0. The lowest BCUT2D eigenvalue weighted by Crippen LogP contribution is -2.32. The minimum atomic E-state index is 0.156. The van der Waals surface area contributed by atoms with E-state index in [-0.39, 0.29) is 5.91 Å². The van der Waals surface area contributed by atoms with E-state index in [1.54, 1.807) is 0 Å². The van der Waals surface area contributed by atoms with Crippen LogP contribution in [0.4, 0.5) is 5.82 Å². The molecule has 0 bridgehead atoms. The third kappa shape index (κ3) is 3.71. The van der Waals surface area contributed by atoms with Crippen LogP contribution in [0.15, 0.2) is 12.1 Å². The molecule has 0 unspecified atom stereocenters. The Morgan fingerprint density at radius 3 is 2.50 bits per heavy atom. The first kappa shape index (κ1) is 14.8. The number of aryl methyl sites for hydroxylation is 1. The monoisotopic (exact) mass is 275 g/mol. The van der Waals surface area contributed by atoms with Crippen LogP contribution in [0, 0.1) is 0 Å². The van der Waals surface area contributed by atoms with E-state index in [2.05, 4.69) is 17.2 Å².